The Bertz CT molecular complexity index is 951. The van der Waals surface area contributed by atoms with Crippen LogP contribution in [0.25, 0.3) is 6.08 Å². The van der Waals surface area contributed by atoms with Gasteiger partial charge in [-0.25, -0.2) is 0 Å². The van der Waals surface area contributed by atoms with Crippen molar-refractivity contribution in [2.45, 2.75) is 13.3 Å². The molecule has 0 fully saturated rings. The lowest BCUT2D eigenvalue weighted by Crippen LogP contribution is -2.11. The van der Waals surface area contributed by atoms with Crippen LogP contribution in [-0.4, -0.2) is 48.3 Å². The first kappa shape index (κ1) is 22.9. The van der Waals surface area contributed by atoms with Crippen molar-refractivity contribution in [1.82, 2.24) is 0 Å². The van der Waals surface area contributed by atoms with Crippen LogP contribution in [-0.2, 0) is 0 Å². The Morgan fingerprint density at radius 1 is 0.967 bits per heavy atom. The second-order valence-corrected chi connectivity index (χ2v) is 6.79. The molecule has 0 bridgehead atoms. The standard InChI is InChI=1S/C23H30N2O5/c1-8-15(11-14-9-10-18(25(2)3)17(24)12-14)20(26)16-13-19(27-4)22(29-6)23(30-7)21(16)28-5/h9-13H,8,24H2,1-7H3. The third kappa shape index (κ3) is 4.45. The summed E-state index contributed by atoms with van der Waals surface area (Å²) in [6, 6.07) is 7.32. The molecule has 7 heteroatoms. The smallest absolute Gasteiger partial charge is 0.208 e. The Morgan fingerprint density at radius 3 is 2.07 bits per heavy atom. The van der Waals surface area contributed by atoms with Gasteiger partial charge in [0.1, 0.15) is 0 Å². The normalized spacial score (nSPS) is 11.1. The lowest BCUT2D eigenvalue weighted by Gasteiger charge is -2.18. The second-order valence-electron chi connectivity index (χ2n) is 6.79. The molecular formula is C23H30N2O5. The number of allylic oxidation sites excluding steroid dienone is 1. The number of anilines is 2. The summed E-state index contributed by atoms with van der Waals surface area (Å²) in [5.41, 5.74) is 9.49. The Kier molecular flexibility index (Phi) is 7.58. The van der Waals surface area contributed by atoms with Crippen molar-refractivity contribution >= 4 is 23.2 Å². The highest BCUT2D eigenvalue weighted by Crippen LogP contribution is 2.47. The molecule has 162 valence electrons. The number of Topliss-reactive ketones (excluding diaryl/α,β-unsaturated/α-hetero) is 1. The lowest BCUT2D eigenvalue weighted by molar-refractivity contribution is 0.102. The first-order valence-corrected chi connectivity index (χ1v) is 9.51. The molecule has 7 nitrogen and oxygen atoms in total. The summed E-state index contributed by atoms with van der Waals surface area (Å²) in [5, 5.41) is 0. The summed E-state index contributed by atoms with van der Waals surface area (Å²) in [5.74, 6) is 1.15. The average molecular weight is 415 g/mol. The summed E-state index contributed by atoms with van der Waals surface area (Å²) in [7, 11) is 9.83. The van der Waals surface area contributed by atoms with Crippen LogP contribution in [0.2, 0.25) is 0 Å². The van der Waals surface area contributed by atoms with Gasteiger partial charge in [-0.15, -0.1) is 0 Å². The van der Waals surface area contributed by atoms with Crippen molar-refractivity contribution in [3.8, 4) is 23.0 Å². The van der Waals surface area contributed by atoms with E-state index in [-0.39, 0.29) is 5.78 Å². The third-order valence-corrected chi connectivity index (χ3v) is 4.78. The number of ether oxygens (including phenoxy) is 4. The topological polar surface area (TPSA) is 83.3 Å². The maximum Gasteiger partial charge on any atom is 0.208 e. The van der Waals surface area contributed by atoms with E-state index in [9.17, 15) is 4.79 Å². The second kappa shape index (κ2) is 9.91. The van der Waals surface area contributed by atoms with Crippen LogP contribution in [0.4, 0.5) is 11.4 Å². The van der Waals surface area contributed by atoms with Gasteiger partial charge in [-0.1, -0.05) is 13.0 Å². The van der Waals surface area contributed by atoms with Gasteiger partial charge in [0.2, 0.25) is 11.5 Å². The molecule has 2 aromatic carbocycles. The van der Waals surface area contributed by atoms with Crippen molar-refractivity contribution < 1.29 is 23.7 Å². The fourth-order valence-corrected chi connectivity index (χ4v) is 3.27. The molecule has 0 aliphatic carbocycles. The molecule has 0 saturated heterocycles. The third-order valence-electron chi connectivity index (χ3n) is 4.78. The molecule has 0 radical (unpaired) electrons. The Balaban J connectivity index is 2.59. The molecular weight excluding hydrogens is 384 g/mol. The molecule has 2 rings (SSSR count). The zero-order chi connectivity index (χ0) is 22.4. The van der Waals surface area contributed by atoms with Gasteiger partial charge in [0.05, 0.1) is 45.4 Å². The monoisotopic (exact) mass is 414 g/mol. The van der Waals surface area contributed by atoms with Crippen molar-refractivity contribution in [3.05, 3.63) is 41.0 Å². The van der Waals surface area contributed by atoms with Gasteiger partial charge in [-0.2, -0.15) is 0 Å². The molecule has 0 aliphatic rings. The van der Waals surface area contributed by atoms with Crippen molar-refractivity contribution in [3.63, 3.8) is 0 Å². The predicted octanol–water partition coefficient (Wildman–Crippen LogP) is 4.05. The Morgan fingerprint density at radius 2 is 1.60 bits per heavy atom. The Hall–Kier alpha value is -3.35. The number of hydrogen-bond acceptors (Lipinski definition) is 7. The molecule has 0 unspecified atom stereocenters. The quantitative estimate of drug-likeness (QED) is 0.376. The summed E-state index contributed by atoms with van der Waals surface area (Å²) in [4.78, 5) is 15.4. The van der Waals surface area contributed by atoms with E-state index >= 15 is 0 Å². The first-order chi connectivity index (χ1) is 14.3. The molecule has 0 amide bonds. The highest BCUT2D eigenvalue weighted by atomic mass is 16.5. The van der Waals surface area contributed by atoms with E-state index in [1.165, 1.54) is 28.4 Å². The van der Waals surface area contributed by atoms with Crippen LogP contribution in [0.5, 0.6) is 23.0 Å². The number of carbonyl (C=O) groups excluding carboxylic acids is 1. The average Bonchev–Trinajstić information content (AvgIpc) is 2.74. The van der Waals surface area contributed by atoms with Crippen LogP contribution >= 0.6 is 0 Å². The number of methoxy groups -OCH3 is 4. The minimum absolute atomic E-state index is 0.191. The van der Waals surface area contributed by atoms with E-state index in [0.717, 1.165) is 11.3 Å². The van der Waals surface area contributed by atoms with Crippen LogP contribution < -0.4 is 29.6 Å². The largest absolute Gasteiger partial charge is 0.493 e. The van der Waals surface area contributed by atoms with E-state index in [0.29, 0.717) is 46.2 Å². The zero-order valence-corrected chi connectivity index (χ0v) is 18.7. The minimum atomic E-state index is -0.191. The molecule has 0 spiro atoms. The molecule has 0 heterocycles. The molecule has 0 atom stereocenters. The number of rotatable bonds is 9. The molecule has 30 heavy (non-hydrogen) atoms. The van der Waals surface area contributed by atoms with Crippen LogP contribution in [0.3, 0.4) is 0 Å². The van der Waals surface area contributed by atoms with Gasteiger partial charge in [0.25, 0.3) is 0 Å². The van der Waals surface area contributed by atoms with Crippen molar-refractivity contribution in [2.24, 2.45) is 0 Å². The summed E-state index contributed by atoms with van der Waals surface area (Å²) < 4.78 is 21.7. The van der Waals surface area contributed by atoms with Gasteiger partial charge >= 0.3 is 0 Å². The van der Waals surface area contributed by atoms with Crippen LogP contribution in [0.15, 0.2) is 29.8 Å². The van der Waals surface area contributed by atoms with Gasteiger partial charge < -0.3 is 29.6 Å². The molecule has 2 N–H and O–H groups in total. The Labute approximate surface area is 178 Å². The molecule has 0 aromatic heterocycles. The van der Waals surface area contributed by atoms with Gasteiger partial charge in [-0.3, -0.25) is 4.79 Å². The van der Waals surface area contributed by atoms with Crippen molar-refractivity contribution in [1.29, 1.82) is 0 Å². The highest BCUT2D eigenvalue weighted by Gasteiger charge is 2.26. The van der Waals surface area contributed by atoms with Gasteiger partial charge in [0.15, 0.2) is 17.3 Å². The van der Waals surface area contributed by atoms with Gasteiger partial charge in [0, 0.05) is 19.7 Å². The van der Waals surface area contributed by atoms with E-state index in [4.69, 9.17) is 24.7 Å². The maximum atomic E-state index is 13.4. The van der Waals surface area contributed by atoms with Crippen molar-refractivity contribution in [2.75, 3.05) is 53.2 Å². The number of nitrogens with two attached hydrogens (primary N) is 1. The number of nitrogen functional groups attached to an aromatic ring is 1. The summed E-state index contributed by atoms with van der Waals surface area (Å²) in [6.45, 7) is 1.92. The van der Waals surface area contributed by atoms with Gasteiger partial charge in [-0.05, 0) is 36.3 Å². The maximum absolute atomic E-state index is 13.4. The molecule has 0 aliphatic heterocycles. The van der Waals surface area contributed by atoms with Crippen LogP contribution in [0, 0.1) is 0 Å². The molecule has 0 saturated carbocycles. The minimum Gasteiger partial charge on any atom is -0.493 e. The summed E-state index contributed by atoms with van der Waals surface area (Å²) >= 11 is 0. The SMILES string of the molecule is CCC(=Cc1ccc(N(C)C)c(N)c1)C(=O)c1cc(OC)c(OC)c(OC)c1OC. The molecule has 2 aromatic rings. The van der Waals surface area contributed by atoms with E-state index in [2.05, 4.69) is 0 Å². The highest BCUT2D eigenvalue weighted by molar-refractivity contribution is 6.13. The van der Waals surface area contributed by atoms with E-state index in [1.54, 1.807) is 6.07 Å². The number of hydrogen-bond donors (Lipinski definition) is 1. The number of ketones is 1. The first-order valence-electron chi connectivity index (χ1n) is 9.51. The van der Waals surface area contributed by atoms with E-state index in [1.807, 2.05) is 50.2 Å². The zero-order valence-electron chi connectivity index (χ0n) is 18.7. The number of benzene rings is 2. The number of carbonyl (C=O) groups is 1. The van der Waals surface area contributed by atoms with Crippen LogP contribution in [0.1, 0.15) is 29.3 Å². The lowest BCUT2D eigenvalue weighted by atomic mass is 9.97. The fourth-order valence-electron chi connectivity index (χ4n) is 3.27. The number of nitrogens with zero attached hydrogens (tertiary/aromatic N) is 1. The fraction of sp³-hybridized carbons (Fsp3) is 0.348. The predicted molar refractivity (Wildman–Crippen MR) is 120 cm³/mol. The summed E-state index contributed by atoms with van der Waals surface area (Å²) in [6.07, 6.45) is 2.36. The van der Waals surface area contributed by atoms with E-state index < -0.39 is 0 Å².